The Balaban J connectivity index is 1.13. The van der Waals surface area contributed by atoms with Gasteiger partial charge in [0.25, 0.3) is 11.8 Å². The lowest BCUT2D eigenvalue weighted by atomic mass is 9.96. The minimum absolute atomic E-state index is 0.0536. The molecule has 2 N–H and O–H groups in total. The van der Waals surface area contributed by atoms with Crippen LogP contribution in [-0.4, -0.2) is 73.2 Å². The van der Waals surface area contributed by atoms with Gasteiger partial charge < -0.3 is 29.9 Å². The molecule has 0 radical (unpaired) electrons. The van der Waals surface area contributed by atoms with Crippen molar-refractivity contribution in [2.75, 3.05) is 38.3 Å². The minimum atomic E-state index is -0.159. The lowest BCUT2D eigenvalue weighted by Crippen LogP contribution is -2.50. The number of hydrogen-bond acceptors (Lipinski definition) is 7. The molecule has 9 heteroatoms. The Kier molecular flexibility index (Phi) is 10.6. The van der Waals surface area contributed by atoms with E-state index in [1.165, 1.54) is 0 Å². The SMILES string of the molecule is CCN(CC)CCOc1ccc([C@H](C)NC(=O)c2ccc(N3C4CCC3CC(NC(=O)c3cccc(OC)c3C)C4)nc2)cc1. The summed E-state index contributed by atoms with van der Waals surface area (Å²) in [5.74, 6) is 2.23. The molecule has 2 unspecified atom stereocenters. The van der Waals surface area contributed by atoms with Crippen molar-refractivity contribution >= 4 is 17.6 Å². The second-order valence-corrected chi connectivity index (χ2v) is 12.1. The Morgan fingerprint density at radius 1 is 1.00 bits per heavy atom. The van der Waals surface area contributed by atoms with E-state index >= 15 is 0 Å². The van der Waals surface area contributed by atoms with Crippen molar-refractivity contribution in [2.24, 2.45) is 0 Å². The molecular weight excluding hydrogens is 566 g/mol. The van der Waals surface area contributed by atoms with Gasteiger partial charge in [-0.15, -0.1) is 0 Å². The molecule has 3 aromatic rings. The van der Waals surface area contributed by atoms with Gasteiger partial charge in [0, 0.05) is 42.0 Å². The number of methoxy groups -OCH3 is 1. The van der Waals surface area contributed by atoms with E-state index in [9.17, 15) is 9.59 Å². The maximum Gasteiger partial charge on any atom is 0.253 e. The summed E-state index contributed by atoms with van der Waals surface area (Å²) in [6, 6.07) is 17.8. The summed E-state index contributed by atoms with van der Waals surface area (Å²) < 4.78 is 11.3. The Labute approximate surface area is 267 Å². The average molecular weight is 614 g/mol. The Morgan fingerprint density at radius 2 is 1.71 bits per heavy atom. The zero-order valence-electron chi connectivity index (χ0n) is 27.2. The van der Waals surface area contributed by atoms with Gasteiger partial charge in [0.1, 0.15) is 23.9 Å². The number of carbonyl (C=O) groups is 2. The number of anilines is 1. The number of ether oxygens (including phenoxy) is 2. The number of nitrogens with one attached hydrogen (secondary N) is 2. The number of piperidine rings is 1. The number of benzene rings is 2. The zero-order chi connectivity index (χ0) is 31.9. The van der Waals surface area contributed by atoms with Gasteiger partial charge in [0.15, 0.2) is 0 Å². The molecule has 45 heavy (non-hydrogen) atoms. The van der Waals surface area contributed by atoms with Crippen LogP contribution in [0.2, 0.25) is 0 Å². The first kappa shape index (κ1) is 32.3. The molecular formula is C36H47N5O4. The van der Waals surface area contributed by atoms with Crippen LogP contribution >= 0.6 is 0 Å². The van der Waals surface area contributed by atoms with Crippen LogP contribution in [0.4, 0.5) is 5.82 Å². The van der Waals surface area contributed by atoms with E-state index in [0.717, 1.165) is 73.8 Å². The summed E-state index contributed by atoms with van der Waals surface area (Å²) in [6.07, 6.45) is 5.54. The largest absolute Gasteiger partial charge is 0.496 e. The molecule has 0 spiro atoms. The molecule has 240 valence electrons. The predicted octanol–water partition coefficient (Wildman–Crippen LogP) is 5.54. The van der Waals surface area contributed by atoms with Gasteiger partial charge in [0.2, 0.25) is 0 Å². The Hall–Kier alpha value is -4.11. The second-order valence-electron chi connectivity index (χ2n) is 12.1. The molecule has 3 heterocycles. The Bertz CT molecular complexity index is 1430. The fraction of sp³-hybridized carbons (Fsp3) is 0.472. The van der Waals surface area contributed by atoms with Crippen molar-refractivity contribution in [3.8, 4) is 11.5 Å². The summed E-state index contributed by atoms with van der Waals surface area (Å²) >= 11 is 0. The van der Waals surface area contributed by atoms with Crippen molar-refractivity contribution in [3.05, 3.63) is 83.0 Å². The van der Waals surface area contributed by atoms with Gasteiger partial charge >= 0.3 is 0 Å². The van der Waals surface area contributed by atoms with Gasteiger partial charge in [-0.1, -0.05) is 32.0 Å². The molecule has 2 fully saturated rings. The minimum Gasteiger partial charge on any atom is -0.496 e. The molecule has 0 aliphatic carbocycles. The molecule has 9 nitrogen and oxygen atoms in total. The average Bonchev–Trinajstić information content (AvgIpc) is 3.33. The zero-order valence-corrected chi connectivity index (χ0v) is 27.2. The summed E-state index contributed by atoms with van der Waals surface area (Å²) in [4.78, 5) is 35.6. The highest BCUT2D eigenvalue weighted by molar-refractivity contribution is 5.96. The topological polar surface area (TPSA) is 96.0 Å². The number of pyridine rings is 1. The number of nitrogens with zero attached hydrogens (tertiary/aromatic N) is 3. The molecule has 2 saturated heterocycles. The lowest BCUT2D eigenvalue weighted by molar-refractivity contribution is 0.0922. The number of amides is 2. The third kappa shape index (κ3) is 7.59. The molecule has 0 saturated carbocycles. The standard InChI is InChI=1S/C36H47N5O4/c1-6-40(7-2)19-20-45-31-16-11-26(12-17-31)25(4)38-35(42)27-13-18-34(37-23-27)41-29-14-15-30(41)22-28(21-29)39-36(43)32-9-8-10-33(44-5)24(32)3/h8-13,16-18,23,25,28-30H,6-7,14-15,19-22H2,1-5H3,(H,38,42)(H,39,43)/t25-,28?,29?,30?/m0/s1. The second kappa shape index (κ2) is 14.8. The molecule has 2 aromatic carbocycles. The first-order valence-electron chi connectivity index (χ1n) is 16.3. The summed E-state index contributed by atoms with van der Waals surface area (Å²) in [7, 11) is 1.62. The maximum absolute atomic E-state index is 13.1. The van der Waals surface area contributed by atoms with E-state index in [-0.39, 0.29) is 23.9 Å². The van der Waals surface area contributed by atoms with Crippen molar-refractivity contribution in [3.63, 3.8) is 0 Å². The van der Waals surface area contributed by atoms with Crippen LogP contribution in [0.1, 0.15) is 84.3 Å². The van der Waals surface area contributed by atoms with Crippen LogP contribution in [0.25, 0.3) is 0 Å². The van der Waals surface area contributed by atoms with Crippen LogP contribution in [0.3, 0.4) is 0 Å². The first-order chi connectivity index (χ1) is 21.8. The molecule has 2 bridgehead atoms. The number of rotatable bonds is 13. The highest BCUT2D eigenvalue weighted by Crippen LogP contribution is 2.38. The van der Waals surface area contributed by atoms with Crippen molar-refractivity contribution in [1.29, 1.82) is 0 Å². The Morgan fingerprint density at radius 3 is 2.33 bits per heavy atom. The van der Waals surface area contributed by atoms with Crippen molar-refractivity contribution < 1.29 is 19.1 Å². The highest BCUT2D eigenvalue weighted by Gasteiger charge is 2.42. The van der Waals surface area contributed by atoms with Gasteiger partial charge in [-0.3, -0.25) is 9.59 Å². The third-order valence-corrected chi connectivity index (χ3v) is 9.39. The summed E-state index contributed by atoms with van der Waals surface area (Å²) in [6.45, 7) is 11.8. The van der Waals surface area contributed by atoms with E-state index in [0.29, 0.717) is 29.8 Å². The van der Waals surface area contributed by atoms with Gasteiger partial charge in [-0.25, -0.2) is 4.98 Å². The van der Waals surface area contributed by atoms with Gasteiger partial charge in [-0.05, 0) is 94.6 Å². The number of fused-ring (bicyclic) bond motifs is 2. The summed E-state index contributed by atoms with van der Waals surface area (Å²) in [5, 5.41) is 6.37. The molecule has 2 aliphatic heterocycles. The fourth-order valence-corrected chi connectivity index (χ4v) is 6.74. The molecule has 1 aromatic heterocycles. The highest BCUT2D eigenvalue weighted by atomic mass is 16.5. The quantitative estimate of drug-likeness (QED) is 0.261. The van der Waals surface area contributed by atoms with Gasteiger partial charge in [-0.2, -0.15) is 0 Å². The van der Waals surface area contributed by atoms with E-state index in [2.05, 4.69) is 34.3 Å². The van der Waals surface area contributed by atoms with E-state index in [4.69, 9.17) is 14.5 Å². The van der Waals surface area contributed by atoms with Crippen molar-refractivity contribution in [2.45, 2.75) is 77.5 Å². The lowest BCUT2D eigenvalue weighted by Gasteiger charge is -2.40. The number of hydrogen-bond donors (Lipinski definition) is 2. The molecule has 2 aliphatic rings. The van der Waals surface area contributed by atoms with Gasteiger partial charge in [0.05, 0.1) is 18.7 Å². The fourth-order valence-electron chi connectivity index (χ4n) is 6.74. The smallest absolute Gasteiger partial charge is 0.253 e. The molecule has 2 amide bonds. The number of likely N-dealkylation sites (N-methyl/N-ethyl adjacent to an activating group) is 1. The predicted molar refractivity (Wildman–Crippen MR) is 177 cm³/mol. The molecule has 3 atom stereocenters. The van der Waals surface area contributed by atoms with Crippen LogP contribution < -0.4 is 25.0 Å². The van der Waals surface area contributed by atoms with Crippen LogP contribution in [-0.2, 0) is 0 Å². The van der Waals surface area contributed by atoms with E-state index in [1.807, 2.05) is 68.4 Å². The van der Waals surface area contributed by atoms with Crippen molar-refractivity contribution in [1.82, 2.24) is 20.5 Å². The molecule has 5 rings (SSSR count). The maximum atomic E-state index is 13.1. The van der Waals surface area contributed by atoms with Crippen LogP contribution in [0.15, 0.2) is 60.8 Å². The number of aromatic nitrogens is 1. The van der Waals surface area contributed by atoms with Crippen LogP contribution in [0.5, 0.6) is 11.5 Å². The van der Waals surface area contributed by atoms with E-state index in [1.54, 1.807) is 13.3 Å². The first-order valence-corrected chi connectivity index (χ1v) is 16.3. The normalized spacial score (nSPS) is 19.7. The van der Waals surface area contributed by atoms with E-state index < -0.39 is 0 Å². The monoisotopic (exact) mass is 613 g/mol. The third-order valence-electron chi connectivity index (χ3n) is 9.39. The summed E-state index contributed by atoms with van der Waals surface area (Å²) in [5.41, 5.74) is 3.05. The van der Waals surface area contributed by atoms with Crippen LogP contribution in [0, 0.1) is 6.92 Å². The number of carbonyl (C=O) groups excluding carboxylic acids is 2.